The Morgan fingerprint density at radius 3 is 3.11 bits per heavy atom. The van der Waals surface area contributed by atoms with Crippen LogP contribution in [0.2, 0.25) is 0 Å². The van der Waals surface area contributed by atoms with Crippen molar-refractivity contribution in [1.82, 2.24) is 10.3 Å². The largest absolute Gasteiger partial charge is 0.382 e. The molecule has 0 saturated carbocycles. The molecule has 1 aliphatic heterocycles. The van der Waals surface area contributed by atoms with Gasteiger partial charge in [-0.1, -0.05) is 0 Å². The van der Waals surface area contributed by atoms with E-state index >= 15 is 0 Å². The monoisotopic (exact) mass is 249 g/mol. The Labute approximate surface area is 107 Å². The Balaban J connectivity index is 2.02. The Hall–Kier alpha value is -1.62. The lowest BCUT2D eigenvalue weighted by molar-refractivity contribution is 0.0958. The quantitative estimate of drug-likeness (QED) is 0.843. The molecular weight excluding hydrogens is 230 g/mol. The number of carbonyl (C=O) groups excluding carboxylic acids is 1. The van der Waals surface area contributed by atoms with Gasteiger partial charge < -0.3 is 15.4 Å². The van der Waals surface area contributed by atoms with Crippen molar-refractivity contribution >= 4 is 11.6 Å². The van der Waals surface area contributed by atoms with E-state index in [1.807, 2.05) is 6.07 Å². The number of carbonyl (C=O) groups is 1. The summed E-state index contributed by atoms with van der Waals surface area (Å²) >= 11 is 0. The first-order valence-corrected chi connectivity index (χ1v) is 6.23. The number of anilines is 1. The highest BCUT2D eigenvalue weighted by atomic mass is 16.5. The molecule has 2 atom stereocenters. The summed E-state index contributed by atoms with van der Waals surface area (Å²) in [6, 6.07) is 3.97. The van der Waals surface area contributed by atoms with Crippen molar-refractivity contribution in [3.05, 3.63) is 24.0 Å². The lowest BCUT2D eigenvalue weighted by Crippen LogP contribution is -2.26. The molecule has 1 aliphatic rings. The molecule has 0 bridgehead atoms. The molecule has 0 aliphatic carbocycles. The number of amides is 1. The zero-order chi connectivity index (χ0) is 13.0. The molecule has 0 radical (unpaired) electrons. The van der Waals surface area contributed by atoms with E-state index in [-0.39, 0.29) is 5.91 Å². The number of rotatable bonds is 4. The number of ether oxygens (including phenoxy) is 1. The van der Waals surface area contributed by atoms with Gasteiger partial charge in [0.15, 0.2) is 0 Å². The predicted octanol–water partition coefficient (Wildman–Crippen LogP) is 1.28. The minimum absolute atomic E-state index is 0.171. The molecule has 2 N–H and O–H groups in total. The van der Waals surface area contributed by atoms with Crippen LogP contribution in [0.1, 0.15) is 23.8 Å². The molecule has 2 heterocycles. The van der Waals surface area contributed by atoms with Gasteiger partial charge in [-0.05, 0) is 25.5 Å². The highest BCUT2D eigenvalue weighted by molar-refractivity contribution is 5.92. The Kier molecular flexibility index (Phi) is 4.15. The molecule has 2 rings (SSSR count). The summed E-state index contributed by atoms with van der Waals surface area (Å²) in [5, 5.41) is 5.97. The number of nitrogens with zero attached hydrogens (tertiary/aromatic N) is 1. The summed E-state index contributed by atoms with van der Waals surface area (Å²) in [6.07, 6.45) is 2.73. The van der Waals surface area contributed by atoms with Gasteiger partial charge in [0.2, 0.25) is 0 Å². The van der Waals surface area contributed by atoms with Gasteiger partial charge in [0.1, 0.15) is 5.69 Å². The van der Waals surface area contributed by atoms with Crippen LogP contribution < -0.4 is 10.6 Å². The van der Waals surface area contributed by atoms with Crippen molar-refractivity contribution in [3.63, 3.8) is 0 Å². The molecular formula is C13H19N3O2. The van der Waals surface area contributed by atoms with Gasteiger partial charge in [0.25, 0.3) is 5.91 Å². The van der Waals surface area contributed by atoms with Crippen molar-refractivity contribution in [1.29, 1.82) is 0 Å². The van der Waals surface area contributed by atoms with Gasteiger partial charge in [-0.25, -0.2) is 0 Å². The second kappa shape index (κ2) is 5.82. The van der Waals surface area contributed by atoms with Gasteiger partial charge in [-0.15, -0.1) is 0 Å². The van der Waals surface area contributed by atoms with Crippen LogP contribution in [0.3, 0.4) is 0 Å². The van der Waals surface area contributed by atoms with E-state index in [9.17, 15) is 4.79 Å². The summed E-state index contributed by atoms with van der Waals surface area (Å²) in [5.74, 6) is 0.358. The first kappa shape index (κ1) is 12.8. The second-order valence-electron chi connectivity index (χ2n) is 4.57. The van der Waals surface area contributed by atoms with Crippen molar-refractivity contribution in [2.45, 2.75) is 19.4 Å². The fourth-order valence-corrected chi connectivity index (χ4v) is 2.10. The molecule has 5 heteroatoms. The summed E-state index contributed by atoms with van der Waals surface area (Å²) in [7, 11) is 1.60. The lowest BCUT2D eigenvalue weighted by atomic mass is 10.0. The fraction of sp³-hybridized carbons (Fsp3) is 0.538. The van der Waals surface area contributed by atoms with Gasteiger partial charge in [0.05, 0.1) is 6.61 Å². The summed E-state index contributed by atoms with van der Waals surface area (Å²) < 4.78 is 5.38. The average molecular weight is 249 g/mol. The molecule has 1 amide bonds. The number of hydrogen-bond donors (Lipinski definition) is 2. The molecule has 98 valence electrons. The third-order valence-electron chi connectivity index (χ3n) is 3.29. The summed E-state index contributed by atoms with van der Waals surface area (Å²) in [6.45, 7) is 3.79. The zero-order valence-electron chi connectivity index (χ0n) is 10.8. The molecule has 1 fully saturated rings. The Morgan fingerprint density at radius 1 is 1.61 bits per heavy atom. The van der Waals surface area contributed by atoms with E-state index in [0.717, 1.165) is 25.3 Å². The second-order valence-corrected chi connectivity index (χ2v) is 4.57. The first-order valence-electron chi connectivity index (χ1n) is 6.23. The maximum atomic E-state index is 11.5. The topological polar surface area (TPSA) is 63.2 Å². The summed E-state index contributed by atoms with van der Waals surface area (Å²) in [4.78, 5) is 15.5. The van der Waals surface area contributed by atoms with Crippen LogP contribution in [-0.4, -0.2) is 37.2 Å². The van der Waals surface area contributed by atoms with Crippen molar-refractivity contribution in [2.75, 3.05) is 25.6 Å². The average Bonchev–Trinajstić information content (AvgIpc) is 2.92. The molecule has 5 nitrogen and oxygen atoms in total. The zero-order valence-corrected chi connectivity index (χ0v) is 10.8. The van der Waals surface area contributed by atoms with Crippen LogP contribution in [-0.2, 0) is 4.74 Å². The van der Waals surface area contributed by atoms with E-state index in [2.05, 4.69) is 22.5 Å². The van der Waals surface area contributed by atoms with E-state index in [4.69, 9.17) is 4.74 Å². The molecule has 1 aromatic rings. The third-order valence-corrected chi connectivity index (χ3v) is 3.29. The van der Waals surface area contributed by atoms with Crippen molar-refractivity contribution in [3.8, 4) is 0 Å². The molecule has 1 saturated heterocycles. The smallest absolute Gasteiger partial charge is 0.269 e. The highest BCUT2D eigenvalue weighted by Gasteiger charge is 2.22. The van der Waals surface area contributed by atoms with Gasteiger partial charge in [0, 0.05) is 37.5 Å². The SMILES string of the molecule is CNC(=O)c1cc(NC(C)C2CCOC2)ccn1. The molecule has 0 aromatic carbocycles. The molecule has 1 aromatic heterocycles. The predicted molar refractivity (Wildman–Crippen MR) is 69.6 cm³/mol. The Morgan fingerprint density at radius 2 is 2.44 bits per heavy atom. The maximum Gasteiger partial charge on any atom is 0.269 e. The molecule has 2 unspecified atom stereocenters. The van der Waals surface area contributed by atoms with Gasteiger partial charge >= 0.3 is 0 Å². The van der Waals surface area contributed by atoms with Crippen LogP contribution in [0.5, 0.6) is 0 Å². The van der Waals surface area contributed by atoms with Crippen LogP contribution in [0, 0.1) is 5.92 Å². The number of hydrogen-bond acceptors (Lipinski definition) is 4. The van der Waals surface area contributed by atoms with Crippen molar-refractivity contribution < 1.29 is 9.53 Å². The van der Waals surface area contributed by atoms with Crippen LogP contribution in [0.4, 0.5) is 5.69 Å². The van der Waals surface area contributed by atoms with Crippen LogP contribution in [0.25, 0.3) is 0 Å². The normalized spacial score (nSPS) is 20.4. The number of aromatic nitrogens is 1. The first-order chi connectivity index (χ1) is 8.70. The Bertz CT molecular complexity index is 416. The highest BCUT2D eigenvalue weighted by Crippen LogP contribution is 2.20. The fourth-order valence-electron chi connectivity index (χ4n) is 2.10. The van der Waals surface area contributed by atoms with E-state index in [1.54, 1.807) is 19.3 Å². The standard InChI is InChI=1S/C13H19N3O2/c1-9(10-4-6-18-8-10)16-11-3-5-15-12(7-11)13(17)14-2/h3,5,7,9-10H,4,6,8H2,1-2H3,(H,14,17)(H,15,16). The maximum absolute atomic E-state index is 11.5. The van der Waals surface area contributed by atoms with Crippen LogP contribution in [0.15, 0.2) is 18.3 Å². The van der Waals surface area contributed by atoms with Gasteiger partial charge in [-0.2, -0.15) is 0 Å². The van der Waals surface area contributed by atoms with Gasteiger partial charge in [-0.3, -0.25) is 9.78 Å². The number of nitrogens with one attached hydrogen (secondary N) is 2. The van der Waals surface area contributed by atoms with Crippen molar-refractivity contribution in [2.24, 2.45) is 5.92 Å². The third kappa shape index (κ3) is 2.98. The van der Waals surface area contributed by atoms with E-state index in [1.165, 1.54) is 0 Å². The minimum atomic E-state index is -0.171. The molecule has 18 heavy (non-hydrogen) atoms. The van der Waals surface area contributed by atoms with E-state index < -0.39 is 0 Å². The van der Waals surface area contributed by atoms with E-state index in [0.29, 0.717) is 17.7 Å². The number of pyridine rings is 1. The van der Waals surface area contributed by atoms with Crippen LogP contribution >= 0.6 is 0 Å². The molecule has 0 spiro atoms. The minimum Gasteiger partial charge on any atom is -0.382 e. The lowest BCUT2D eigenvalue weighted by Gasteiger charge is -2.20. The summed E-state index contributed by atoms with van der Waals surface area (Å²) in [5.41, 5.74) is 1.35.